The van der Waals surface area contributed by atoms with E-state index in [0.717, 1.165) is 56.2 Å². The van der Waals surface area contributed by atoms with E-state index in [-0.39, 0.29) is 5.91 Å². The summed E-state index contributed by atoms with van der Waals surface area (Å²) in [5.74, 6) is -0.0823. The van der Waals surface area contributed by atoms with E-state index in [1.165, 1.54) is 17.2 Å². The van der Waals surface area contributed by atoms with Gasteiger partial charge < -0.3 is 0 Å². The van der Waals surface area contributed by atoms with Gasteiger partial charge >= 0.3 is 11.9 Å². The Morgan fingerprint density at radius 3 is 1.96 bits per heavy atom. The van der Waals surface area contributed by atoms with E-state index in [1.807, 2.05) is 0 Å². The highest BCUT2D eigenvalue weighted by molar-refractivity contribution is 5.82. The summed E-state index contributed by atoms with van der Waals surface area (Å²) in [7, 11) is 0. The summed E-state index contributed by atoms with van der Waals surface area (Å²) in [4.78, 5) is 51.4. The molecule has 1 aliphatic heterocycles. The van der Waals surface area contributed by atoms with E-state index in [2.05, 4.69) is 9.98 Å². The van der Waals surface area contributed by atoms with Crippen LogP contribution in [0.25, 0.3) is 0 Å². The molecule has 0 aromatic rings. The van der Waals surface area contributed by atoms with Crippen LogP contribution in [0.3, 0.4) is 0 Å². The van der Waals surface area contributed by atoms with Gasteiger partial charge in [0, 0.05) is 6.42 Å². The Bertz CT molecular complexity index is 452. The molecule has 0 saturated carbocycles. The number of carbonyl (C=O) groups is 1. The van der Waals surface area contributed by atoms with Crippen molar-refractivity contribution in [2.24, 2.45) is 9.98 Å². The molecular formula is C16H25N4O4+. The van der Waals surface area contributed by atoms with E-state index in [1.54, 1.807) is 0 Å². The molecule has 1 heterocycles. The Morgan fingerprint density at radius 2 is 1.42 bits per heavy atom. The molecule has 1 fully saturated rings. The molecule has 1 unspecified atom stereocenters. The molecule has 1 aliphatic rings. The molecule has 1 amide bonds. The first kappa shape index (κ1) is 19.9. The Kier molecular flexibility index (Phi) is 10.2. The first-order chi connectivity index (χ1) is 11.7. The fourth-order valence-electron chi connectivity index (χ4n) is 2.70. The zero-order valence-corrected chi connectivity index (χ0v) is 14.0. The van der Waals surface area contributed by atoms with E-state index in [0.29, 0.717) is 26.1 Å². The van der Waals surface area contributed by atoms with Crippen molar-refractivity contribution in [2.75, 3.05) is 19.6 Å². The van der Waals surface area contributed by atoms with Crippen LogP contribution in [0.4, 0.5) is 0 Å². The molecule has 0 N–H and O–H groups in total. The third-order valence-corrected chi connectivity index (χ3v) is 4.06. The van der Waals surface area contributed by atoms with Crippen molar-refractivity contribution in [2.45, 2.75) is 63.8 Å². The number of rotatable bonds is 14. The highest BCUT2D eigenvalue weighted by Crippen LogP contribution is 2.21. The molecule has 1 rings (SSSR count). The van der Waals surface area contributed by atoms with Crippen LogP contribution < -0.4 is 0 Å². The molecule has 0 aromatic carbocycles. The fourth-order valence-corrected chi connectivity index (χ4v) is 2.70. The van der Waals surface area contributed by atoms with E-state index in [9.17, 15) is 19.3 Å². The third-order valence-electron chi connectivity index (χ3n) is 4.06. The van der Waals surface area contributed by atoms with Gasteiger partial charge in [0.2, 0.25) is 12.2 Å². The summed E-state index contributed by atoms with van der Waals surface area (Å²) in [6, 6.07) is -0.528. The average Bonchev–Trinajstić information content (AvgIpc) is 2.59. The van der Waals surface area contributed by atoms with E-state index in [4.69, 9.17) is 0 Å². The van der Waals surface area contributed by atoms with Gasteiger partial charge in [-0.25, -0.2) is 19.6 Å². The Labute approximate surface area is 141 Å². The van der Waals surface area contributed by atoms with Gasteiger partial charge in [-0.3, -0.25) is 4.79 Å². The van der Waals surface area contributed by atoms with Crippen LogP contribution in [0.15, 0.2) is 9.98 Å². The van der Waals surface area contributed by atoms with Gasteiger partial charge in [0.25, 0.3) is 0 Å². The first-order valence-corrected chi connectivity index (χ1v) is 8.57. The second-order valence-electron chi connectivity index (χ2n) is 5.84. The number of aliphatic imine (C=N–C) groups is 2. The normalized spacial score (nSPS) is 16.3. The van der Waals surface area contributed by atoms with Gasteiger partial charge in [0.05, 0.1) is 24.5 Å². The summed E-state index contributed by atoms with van der Waals surface area (Å²) < 4.78 is 0. The van der Waals surface area contributed by atoms with Crippen molar-refractivity contribution in [1.82, 2.24) is 5.01 Å². The van der Waals surface area contributed by atoms with Crippen LogP contribution in [0.2, 0.25) is 0 Å². The van der Waals surface area contributed by atoms with Gasteiger partial charge in [-0.2, -0.15) is 0 Å². The van der Waals surface area contributed by atoms with Crippen molar-refractivity contribution in [3.63, 3.8) is 0 Å². The number of hydrazine groups is 1. The molecule has 1 saturated heterocycles. The number of carbonyl (C=O) groups excluding carboxylic acids is 3. The van der Waals surface area contributed by atoms with Gasteiger partial charge in [-0.05, 0) is 25.7 Å². The van der Waals surface area contributed by atoms with E-state index >= 15 is 0 Å². The zero-order valence-electron chi connectivity index (χ0n) is 14.0. The minimum absolute atomic E-state index is 0.0823. The number of hydrogen-bond donors (Lipinski definition) is 0. The largest absolute Gasteiger partial charge is 0.357 e. The second-order valence-corrected chi connectivity index (χ2v) is 5.84. The molecule has 8 heteroatoms. The number of amides is 1. The minimum Gasteiger partial charge on any atom is -0.261 e. The SMILES string of the molecule is O=C=NCCCCCCC1C(=O)N(CCCCCCN=C=O)[N+]1=O. The lowest BCUT2D eigenvalue weighted by molar-refractivity contribution is -0.751. The quantitative estimate of drug-likeness (QED) is 0.210. The van der Waals surface area contributed by atoms with Gasteiger partial charge in [-0.1, -0.05) is 30.7 Å². The maximum atomic E-state index is 12.0. The van der Waals surface area contributed by atoms with Crippen molar-refractivity contribution in [1.29, 1.82) is 0 Å². The van der Waals surface area contributed by atoms with Crippen LogP contribution in [0, 0.1) is 4.91 Å². The number of nitrogens with zero attached hydrogens (tertiary/aromatic N) is 4. The number of unbranched alkanes of at least 4 members (excludes halogenated alkanes) is 6. The highest BCUT2D eigenvalue weighted by atomic mass is 16.4. The predicted octanol–water partition coefficient (Wildman–Crippen LogP) is 2.07. The molecule has 1 atom stereocenters. The van der Waals surface area contributed by atoms with Crippen molar-refractivity contribution < 1.29 is 19.3 Å². The summed E-state index contributed by atoms with van der Waals surface area (Å²) in [5, 5.41) is 1.27. The molecule has 0 aliphatic carbocycles. The van der Waals surface area contributed by atoms with Gasteiger partial charge in [0.1, 0.15) is 4.87 Å². The van der Waals surface area contributed by atoms with Crippen LogP contribution >= 0.6 is 0 Å². The Hall–Kier alpha value is -2.17. The maximum absolute atomic E-state index is 12.0. The lowest BCUT2D eigenvalue weighted by atomic mass is 10.0. The predicted molar refractivity (Wildman–Crippen MR) is 86.7 cm³/mol. The average molecular weight is 337 g/mol. The summed E-state index contributed by atoms with van der Waals surface area (Å²) in [5.41, 5.74) is 0. The Balaban J connectivity index is 2.05. The maximum Gasteiger partial charge on any atom is 0.357 e. The number of nitroso groups, excluding NO2 is 1. The second kappa shape index (κ2) is 12.3. The van der Waals surface area contributed by atoms with Crippen LogP contribution in [-0.4, -0.2) is 53.6 Å². The summed E-state index contributed by atoms with van der Waals surface area (Å²) in [6.07, 6.45) is 10.5. The molecule has 24 heavy (non-hydrogen) atoms. The van der Waals surface area contributed by atoms with Gasteiger partial charge in [0.15, 0.2) is 0 Å². The highest BCUT2D eigenvalue weighted by Gasteiger charge is 2.55. The fraction of sp³-hybridized carbons (Fsp3) is 0.812. The number of isocyanates is 2. The van der Waals surface area contributed by atoms with Crippen LogP contribution in [0.5, 0.6) is 0 Å². The molecule has 0 radical (unpaired) electrons. The molecular weight excluding hydrogens is 312 g/mol. The topological polar surface area (TPSA) is 99.2 Å². The van der Waals surface area contributed by atoms with Crippen LogP contribution in [0.1, 0.15) is 57.8 Å². The summed E-state index contributed by atoms with van der Waals surface area (Å²) in [6.45, 7) is 1.44. The molecule has 8 nitrogen and oxygen atoms in total. The molecule has 0 bridgehead atoms. The lowest BCUT2D eigenvalue weighted by Crippen LogP contribution is -2.62. The smallest absolute Gasteiger partial charge is 0.261 e. The van der Waals surface area contributed by atoms with Gasteiger partial charge in [-0.15, -0.1) is 0 Å². The van der Waals surface area contributed by atoms with Crippen molar-refractivity contribution in [3.8, 4) is 0 Å². The zero-order chi connectivity index (χ0) is 17.6. The van der Waals surface area contributed by atoms with Crippen LogP contribution in [-0.2, 0) is 14.4 Å². The third kappa shape index (κ3) is 6.94. The molecule has 132 valence electrons. The molecule has 0 spiro atoms. The Morgan fingerprint density at radius 1 is 0.875 bits per heavy atom. The lowest BCUT2D eigenvalue weighted by Gasteiger charge is -2.25. The number of hydrogen-bond acceptors (Lipinski definition) is 6. The van der Waals surface area contributed by atoms with E-state index < -0.39 is 6.04 Å². The standard InChI is InChI=1S/C16H25N4O4/c21-13-17-10-6-2-1-5-9-15-16(23)19(20(15)24)12-8-4-3-7-11-18-14-22/h15H,1-12H2/q+1. The monoisotopic (exact) mass is 337 g/mol. The molecule has 0 aromatic heterocycles. The minimum atomic E-state index is -0.528. The van der Waals surface area contributed by atoms with Crippen molar-refractivity contribution >= 4 is 18.1 Å². The van der Waals surface area contributed by atoms with Crippen molar-refractivity contribution in [3.05, 3.63) is 4.91 Å². The first-order valence-electron chi connectivity index (χ1n) is 8.57. The summed E-state index contributed by atoms with van der Waals surface area (Å²) >= 11 is 0.